The van der Waals surface area contributed by atoms with Crippen LogP contribution in [-0.4, -0.2) is 61.2 Å². The summed E-state index contributed by atoms with van der Waals surface area (Å²) in [5.41, 5.74) is 1.66. The highest BCUT2D eigenvalue weighted by molar-refractivity contribution is 7.92. The zero-order chi connectivity index (χ0) is 19.5. The maximum Gasteiger partial charge on any atom is 0.241 e. The van der Waals surface area contributed by atoms with Crippen molar-refractivity contribution >= 4 is 25.7 Å². The third-order valence-corrected chi connectivity index (χ3v) is 8.06. The van der Waals surface area contributed by atoms with Gasteiger partial charge in [-0.25, -0.2) is 21.6 Å². The van der Waals surface area contributed by atoms with Gasteiger partial charge in [-0.3, -0.25) is 4.31 Å². The van der Waals surface area contributed by atoms with Crippen LogP contribution in [0.3, 0.4) is 0 Å². The summed E-state index contributed by atoms with van der Waals surface area (Å²) in [6.07, 6.45) is 2.19. The Morgan fingerprint density at radius 1 is 1.15 bits per heavy atom. The van der Waals surface area contributed by atoms with Crippen LogP contribution in [0.1, 0.15) is 30.4 Å². The summed E-state index contributed by atoms with van der Waals surface area (Å²) in [6, 6.07) is 3.31. The number of nitrogens with zero attached hydrogens (tertiary/aromatic N) is 2. The summed E-state index contributed by atoms with van der Waals surface area (Å²) in [6.45, 7) is 5.02. The average molecular weight is 404 g/mol. The Labute approximate surface area is 157 Å². The van der Waals surface area contributed by atoms with Crippen molar-refractivity contribution in [1.82, 2.24) is 9.62 Å². The molecule has 0 bridgehead atoms. The van der Waals surface area contributed by atoms with E-state index < -0.39 is 20.0 Å². The van der Waals surface area contributed by atoms with Gasteiger partial charge in [0.15, 0.2) is 0 Å². The molecule has 1 aliphatic rings. The molecule has 1 aromatic rings. The van der Waals surface area contributed by atoms with Crippen LogP contribution in [0.15, 0.2) is 17.0 Å². The van der Waals surface area contributed by atoms with Crippen molar-refractivity contribution in [1.29, 1.82) is 0 Å². The van der Waals surface area contributed by atoms with Crippen LogP contribution < -0.4 is 9.03 Å². The first kappa shape index (κ1) is 21.1. The smallest absolute Gasteiger partial charge is 0.241 e. The topological polar surface area (TPSA) is 86.8 Å². The van der Waals surface area contributed by atoms with E-state index in [4.69, 9.17) is 0 Å². The number of benzene rings is 1. The molecule has 0 amide bonds. The summed E-state index contributed by atoms with van der Waals surface area (Å²) < 4.78 is 54.0. The minimum atomic E-state index is -3.63. The lowest BCUT2D eigenvalue weighted by Gasteiger charge is -2.29. The maximum absolute atomic E-state index is 12.7. The molecule has 1 aliphatic heterocycles. The Bertz CT molecular complexity index is 826. The van der Waals surface area contributed by atoms with E-state index in [2.05, 4.69) is 4.72 Å². The van der Waals surface area contributed by atoms with E-state index in [-0.39, 0.29) is 10.6 Å². The number of sulfonamides is 2. The largest absolute Gasteiger partial charge is 0.309 e. The highest BCUT2D eigenvalue weighted by atomic mass is 32.2. The number of hydrogen-bond donors (Lipinski definition) is 1. The quantitative estimate of drug-likeness (QED) is 0.697. The van der Waals surface area contributed by atoms with E-state index >= 15 is 0 Å². The molecular weight excluding hydrogens is 374 g/mol. The van der Waals surface area contributed by atoms with Gasteiger partial charge in [-0.1, -0.05) is 0 Å². The van der Waals surface area contributed by atoms with Gasteiger partial charge >= 0.3 is 0 Å². The Kier molecular flexibility index (Phi) is 6.70. The van der Waals surface area contributed by atoms with Gasteiger partial charge in [0.25, 0.3) is 0 Å². The van der Waals surface area contributed by atoms with Gasteiger partial charge in [0, 0.05) is 13.1 Å². The van der Waals surface area contributed by atoms with Gasteiger partial charge in [0.2, 0.25) is 20.0 Å². The summed E-state index contributed by atoms with van der Waals surface area (Å²) in [5.74, 6) is 0.137. The Morgan fingerprint density at radius 3 is 2.31 bits per heavy atom. The molecule has 2 rings (SSSR count). The van der Waals surface area contributed by atoms with Gasteiger partial charge in [-0.15, -0.1) is 0 Å². The normalized spacial score (nSPS) is 17.7. The van der Waals surface area contributed by atoms with Crippen LogP contribution in [0, 0.1) is 13.8 Å². The molecule has 26 heavy (non-hydrogen) atoms. The number of nitrogens with one attached hydrogen (secondary N) is 1. The molecule has 148 valence electrons. The molecule has 0 saturated carbocycles. The van der Waals surface area contributed by atoms with Gasteiger partial charge in [0.1, 0.15) is 0 Å². The molecule has 0 unspecified atom stereocenters. The van der Waals surface area contributed by atoms with Gasteiger partial charge in [-0.05, 0) is 77.0 Å². The van der Waals surface area contributed by atoms with E-state index in [1.165, 1.54) is 4.31 Å². The molecular formula is C17H29N3O4S2. The summed E-state index contributed by atoms with van der Waals surface area (Å²) in [4.78, 5) is 2.24. The highest BCUT2D eigenvalue weighted by Gasteiger charge is 2.28. The zero-order valence-corrected chi connectivity index (χ0v) is 17.6. The second kappa shape index (κ2) is 8.24. The first-order valence-corrected chi connectivity index (χ1v) is 11.9. The average Bonchev–Trinajstić information content (AvgIpc) is 2.50. The molecule has 0 atom stereocenters. The second-order valence-electron chi connectivity index (χ2n) is 7.06. The Morgan fingerprint density at radius 2 is 1.77 bits per heavy atom. The molecule has 7 nitrogen and oxygen atoms in total. The standard InChI is InChI=1S/C17H29N3O4S2/c1-14-12-16(20-10-5-6-11-25(20,21)22)13-15(2)17(14)26(23,24)18-8-7-9-19(3)4/h12-13,18H,5-11H2,1-4H3. The summed E-state index contributed by atoms with van der Waals surface area (Å²) in [5, 5.41) is 0. The van der Waals surface area contributed by atoms with Gasteiger partial charge < -0.3 is 4.90 Å². The lowest BCUT2D eigenvalue weighted by Crippen LogP contribution is -2.38. The lowest BCUT2D eigenvalue weighted by molar-refractivity contribution is 0.400. The van der Waals surface area contributed by atoms with Crippen LogP contribution in [0.2, 0.25) is 0 Å². The molecule has 0 radical (unpaired) electrons. The van der Waals surface area contributed by atoms with Crippen molar-refractivity contribution < 1.29 is 16.8 Å². The predicted octanol–water partition coefficient (Wildman–Crippen LogP) is 1.46. The third kappa shape index (κ3) is 4.97. The van der Waals surface area contributed by atoms with E-state index in [1.807, 2.05) is 19.0 Å². The first-order chi connectivity index (χ1) is 12.0. The number of aryl methyl sites for hydroxylation is 2. The van der Waals surface area contributed by atoms with Crippen molar-refractivity contribution in [3.8, 4) is 0 Å². The van der Waals surface area contributed by atoms with Crippen LogP contribution in [0.25, 0.3) is 0 Å². The lowest BCUT2D eigenvalue weighted by atomic mass is 10.1. The minimum absolute atomic E-state index is 0.137. The van der Waals surface area contributed by atoms with Crippen LogP contribution in [0.5, 0.6) is 0 Å². The fourth-order valence-electron chi connectivity index (χ4n) is 3.25. The molecule has 1 fully saturated rings. The zero-order valence-electron chi connectivity index (χ0n) is 15.9. The Hall–Kier alpha value is -1.16. The third-order valence-electron chi connectivity index (χ3n) is 4.43. The van der Waals surface area contributed by atoms with E-state index in [9.17, 15) is 16.8 Å². The highest BCUT2D eigenvalue weighted by Crippen LogP contribution is 2.30. The fourth-order valence-corrected chi connectivity index (χ4v) is 6.39. The molecule has 0 aromatic heterocycles. The summed E-state index contributed by atoms with van der Waals surface area (Å²) >= 11 is 0. The predicted molar refractivity (Wildman–Crippen MR) is 105 cm³/mol. The first-order valence-electron chi connectivity index (χ1n) is 8.80. The molecule has 9 heteroatoms. The van der Waals surface area contributed by atoms with Crippen molar-refractivity contribution in [3.63, 3.8) is 0 Å². The molecule has 0 aliphatic carbocycles. The molecule has 1 heterocycles. The van der Waals surface area contributed by atoms with Gasteiger partial charge in [-0.2, -0.15) is 0 Å². The molecule has 1 N–H and O–H groups in total. The minimum Gasteiger partial charge on any atom is -0.309 e. The van der Waals surface area contributed by atoms with Crippen molar-refractivity contribution in [2.45, 2.75) is 38.0 Å². The monoisotopic (exact) mass is 403 g/mol. The Balaban J connectivity index is 2.26. The summed E-state index contributed by atoms with van der Waals surface area (Å²) in [7, 11) is -3.07. The van der Waals surface area contributed by atoms with Crippen molar-refractivity contribution in [2.24, 2.45) is 0 Å². The van der Waals surface area contributed by atoms with Gasteiger partial charge in [0.05, 0.1) is 16.3 Å². The SMILES string of the molecule is Cc1cc(N2CCCCS2(=O)=O)cc(C)c1S(=O)(=O)NCCCN(C)C. The number of hydrogen-bond acceptors (Lipinski definition) is 5. The van der Waals surface area contributed by atoms with Crippen LogP contribution >= 0.6 is 0 Å². The molecule has 1 aromatic carbocycles. The van der Waals surface area contributed by atoms with Crippen LogP contribution in [0.4, 0.5) is 5.69 Å². The van der Waals surface area contributed by atoms with Crippen molar-refractivity contribution in [2.75, 3.05) is 43.8 Å². The number of rotatable bonds is 7. The van der Waals surface area contributed by atoms with E-state index in [1.54, 1.807) is 26.0 Å². The maximum atomic E-state index is 12.7. The second-order valence-corrected chi connectivity index (χ2v) is 10.8. The van der Waals surface area contributed by atoms with Crippen LogP contribution in [-0.2, 0) is 20.0 Å². The van der Waals surface area contributed by atoms with E-state index in [0.29, 0.717) is 42.7 Å². The van der Waals surface area contributed by atoms with Crippen molar-refractivity contribution in [3.05, 3.63) is 23.3 Å². The molecule has 1 saturated heterocycles. The molecule has 0 spiro atoms. The number of anilines is 1. The van der Waals surface area contributed by atoms with E-state index in [0.717, 1.165) is 13.0 Å². The fraction of sp³-hybridized carbons (Fsp3) is 0.647.